The highest BCUT2D eigenvalue weighted by atomic mass is 79.9. The smallest absolute Gasteiger partial charge is 0.328 e. The highest BCUT2D eigenvalue weighted by molar-refractivity contribution is 9.10. The van der Waals surface area contributed by atoms with Crippen molar-refractivity contribution in [1.29, 1.82) is 0 Å². The molecule has 1 amide bonds. The van der Waals surface area contributed by atoms with Crippen LogP contribution in [0.4, 0.5) is 4.39 Å². The molecule has 1 atom stereocenters. The lowest BCUT2D eigenvalue weighted by molar-refractivity contribution is -0.153. The Bertz CT molecular complexity index is 614. The van der Waals surface area contributed by atoms with E-state index in [0.717, 1.165) is 0 Å². The third-order valence-corrected chi connectivity index (χ3v) is 4.34. The van der Waals surface area contributed by atoms with E-state index in [1.54, 1.807) is 17.9 Å². The van der Waals surface area contributed by atoms with Crippen LogP contribution in [0, 0.1) is 5.82 Å². The quantitative estimate of drug-likeness (QED) is 0.726. The molecule has 0 aliphatic carbocycles. The third kappa shape index (κ3) is 4.31. The summed E-state index contributed by atoms with van der Waals surface area (Å²) in [5.41, 5.74) is 0.181. The van der Waals surface area contributed by atoms with Crippen LogP contribution in [0.5, 0.6) is 0 Å². The summed E-state index contributed by atoms with van der Waals surface area (Å²) in [7, 11) is 0. The largest absolute Gasteiger partial charge is 0.465 e. The van der Waals surface area contributed by atoms with Gasteiger partial charge in [-0.1, -0.05) is 22.0 Å². The number of rotatable bonds is 6. The monoisotopic (exact) mass is 402 g/mol. The Kier molecular flexibility index (Phi) is 6.70. The van der Waals surface area contributed by atoms with Crippen molar-refractivity contribution in [3.8, 4) is 0 Å². The molecule has 1 N–H and O–H groups in total. The van der Waals surface area contributed by atoms with Gasteiger partial charge in [-0.15, -0.1) is 0 Å². The number of esters is 1. The Hall–Kier alpha value is -1.51. The van der Waals surface area contributed by atoms with Crippen LogP contribution >= 0.6 is 15.9 Å². The molecule has 1 saturated heterocycles. The standard InChI is InChI=1S/C16H20BrFN2O4/c1-2-24-16(23)15(12-4-3-11(17)9-13(12)18)20-6-5-19(7-8-21)14(22)10-20/h3-4,9,15,21H,2,5-8,10H2,1H3/t15-/m1/s1. The van der Waals surface area contributed by atoms with Crippen molar-refractivity contribution in [2.24, 2.45) is 0 Å². The lowest BCUT2D eigenvalue weighted by Crippen LogP contribution is -2.53. The van der Waals surface area contributed by atoms with Gasteiger partial charge in [-0.3, -0.25) is 9.69 Å². The number of hydrogen-bond donors (Lipinski definition) is 1. The van der Waals surface area contributed by atoms with Crippen LogP contribution in [-0.4, -0.2) is 66.2 Å². The van der Waals surface area contributed by atoms with Crippen LogP contribution < -0.4 is 0 Å². The van der Waals surface area contributed by atoms with Crippen LogP contribution in [0.1, 0.15) is 18.5 Å². The molecular weight excluding hydrogens is 383 g/mol. The zero-order valence-corrected chi connectivity index (χ0v) is 15.0. The minimum absolute atomic E-state index is 0.0288. The predicted molar refractivity (Wildman–Crippen MR) is 88.7 cm³/mol. The van der Waals surface area contributed by atoms with Gasteiger partial charge in [0.05, 0.1) is 19.8 Å². The molecule has 8 heteroatoms. The fraction of sp³-hybridized carbons (Fsp3) is 0.500. The minimum Gasteiger partial charge on any atom is -0.465 e. The van der Waals surface area contributed by atoms with Gasteiger partial charge in [0.15, 0.2) is 0 Å². The fourth-order valence-corrected chi connectivity index (χ4v) is 3.05. The first-order chi connectivity index (χ1) is 11.5. The van der Waals surface area contributed by atoms with Gasteiger partial charge in [-0.05, 0) is 19.1 Å². The SMILES string of the molecule is CCOC(=O)[C@@H](c1ccc(Br)cc1F)N1CCN(CCO)C(=O)C1. The van der Waals surface area contributed by atoms with E-state index in [-0.39, 0.29) is 37.8 Å². The normalized spacial score (nSPS) is 17.0. The first-order valence-electron chi connectivity index (χ1n) is 7.72. The maximum atomic E-state index is 14.4. The van der Waals surface area contributed by atoms with Crippen LogP contribution in [-0.2, 0) is 14.3 Å². The van der Waals surface area contributed by atoms with E-state index < -0.39 is 17.8 Å². The first-order valence-corrected chi connectivity index (χ1v) is 8.51. The number of nitrogens with zero attached hydrogens (tertiary/aromatic N) is 2. The molecule has 24 heavy (non-hydrogen) atoms. The molecule has 1 aromatic rings. The molecule has 2 rings (SSSR count). The maximum Gasteiger partial charge on any atom is 0.328 e. The number of carbonyl (C=O) groups excluding carboxylic acids is 2. The van der Waals surface area contributed by atoms with E-state index in [9.17, 15) is 14.0 Å². The third-order valence-electron chi connectivity index (χ3n) is 3.85. The number of carbonyl (C=O) groups is 2. The maximum absolute atomic E-state index is 14.4. The van der Waals surface area contributed by atoms with Crippen LogP contribution in [0.25, 0.3) is 0 Å². The van der Waals surface area contributed by atoms with Gasteiger partial charge in [-0.2, -0.15) is 0 Å². The van der Waals surface area contributed by atoms with E-state index in [2.05, 4.69) is 15.9 Å². The van der Waals surface area contributed by atoms with Gasteiger partial charge in [-0.25, -0.2) is 9.18 Å². The number of ether oxygens (including phenoxy) is 1. The van der Waals surface area contributed by atoms with Crippen LogP contribution in [0.3, 0.4) is 0 Å². The number of benzene rings is 1. The summed E-state index contributed by atoms with van der Waals surface area (Å²) < 4.78 is 20.0. The molecule has 0 unspecified atom stereocenters. The minimum atomic E-state index is -0.974. The Morgan fingerprint density at radius 3 is 2.79 bits per heavy atom. The van der Waals surface area contributed by atoms with E-state index >= 15 is 0 Å². The van der Waals surface area contributed by atoms with Crippen molar-refractivity contribution in [2.45, 2.75) is 13.0 Å². The average molecular weight is 403 g/mol. The number of aliphatic hydroxyl groups excluding tert-OH is 1. The Balaban J connectivity index is 2.27. The molecule has 0 spiro atoms. The summed E-state index contributed by atoms with van der Waals surface area (Å²) in [6.07, 6.45) is 0. The van der Waals surface area contributed by atoms with Crippen molar-refractivity contribution >= 4 is 27.8 Å². The zero-order chi connectivity index (χ0) is 17.7. The number of aliphatic hydroxyl groups is 1. The van der Waals surface area contributed by atoms with Crippen molar-refractivity contribution in [3.05, 3.63) is 34.1 Å². The predicted octanol–water partition coefficient (Wildman–Crippen LogP) is 1.33. The molecule has 0 saturated carbocycles. The van der Waals surface area contributed by atoms with Crippen molar-refractivity contribution in [1.82, 2.24) is 9.80 Å². The number of piperazine rings is 1. The molecular formula is C16H20BrFN2O4. The van der Waals surface area contributed by atoms with Crippen LogP contribution in [0.2, 0.25) is 0 Å². The summed E-state index contributed by atoms with van der Waals surface area (Å²) in [5, 5.41) is 8.97. The fourth-order valence-electron chi connectivity index (χ4n) is 2.72. The highest BCUT2D eigenvalue weighted by Gasteiger charge is 2.36. The number of amides is 1. The molecule has 132 valence electrons. The second-order valence-electron chi connectivity index (χ2n) is 5.40. The van der Waals surface area contributed by atoms with E-state index in [4.69, 9.17) is 9.84 Å². The van der Waals surface area contributed by atoms with E-state index in [0.29, 0.717) is 17.6 Å². The topological polar surface area (TPSA) is 70.1 Å². The number of β-amino-alcohol motifs (C(OH)–C–C–N with tert-alkyl or cyclic N) is 1. The van der Waals surface area contributed by atoms with Gasteiger partial charge in [0, 0.05) is 29.7 Å². The Labute approximate surface area is 148 Å². The average Bonchev–Trinajstić information content (AvgIpc) is 2.53. The molecule has 0 bridgehead atoms. The summed E-state index contributed by atoms with van der Waals surface area (Å²) >= 11 is 3.19. The van der Waals surface area contributed by atoms with E-state index in [1.807, 2.05) is 0 Å². The summed E-state index contributed by atoms with van der Waals surface area (Å²) in [6.45, 7) is 2.72. The molecule has 0 radical (unpaired) electrons. The second-order valence-corrected chi connectivity index (χ2v) is 6.31. The van der Waals surface area contributed by atoms with Gasteiger partial charge in [0.25, 0.3) is 0 Å². The number of halogens is 2. The molecule has 6 nitrogen and oxygen atoms in total. The van der Waals surface area contributed by atoms with Gasteiger partial charge in [0.1, 0.15) is 11.9 Å². The van der Waals surface area contributed by atoms with Crippen molar-refractivity contribution in [3.63, 3.8) is 0 Å². The van der Waals surface area contributed by atoms with Crippen molar-refractivity contribution < 1.29 is 23.8 Å². The molecule has 1 aromatic carbocycles. The van der Waals surface area contributed by atoms with Crippen molar-refractivity contribution in [2.75, 3.05) is 39.4 Å². The van der Waals surface area contributed by atoms with Gasteiger partial charge < -0.3 is 14.7 Å². The Morgan fingerprint density at radius 2 is 2.21 bits per heavy atom. The van der Waals surface area contributed by atoms with E-state index in [1.165, 1.54) is 17.0 Å². The Morgan fingerprint density at radius 1 is 1.46 bits per heavy atom. The van der Waals surface area contributed by atoms with Gasteiger partial charge in [0.2, 0.25) is 5.91 Å². The highest BCUT2D eigenvalue weighted by Crippen LogP contribution is 2.28. The van der Waals surface area contributed by atoms with Gasteiger partial charge >= 0.3 is 5.97 Å². The number of hydrogen-bond acceptors (Lipinski definition) is 5. The molecule has 0 aromatic heterocycles. The second kappa shape index (κ2) is 8.55. The summed E-state index contributed by atoms with van der Waals surface area (Å²) in [6, 6.07) is 3.48. The molecule has 1 fully saturated rings. The zero-order valence-electron chi connectivity index (χ0n) is 13.4. The summed E-state index contributed by atoms with van der Waals surface area (Å²) in [4.78, 5) is 27.7. The molecule has 1 aliphatic rings. The lowest BCUT2D eigenvalue weighted by Gasteiger charge is -2.37. The summed E-state index contributed by atoms with van der Waals surface area (Å²) in [5.74, 6) is -1.32. The molecule has 1 aliphatic heterocycles. The van der Waals surface area contributed by atoms with Crippen LogP contribution in [0.15, 0.2) is 22.7 Å². The first kappa shape index (κ1) is 18.8. The lowest BCUT2D eigenvalue weighted by atomic mass is 10.0. The molecule has 1 heterocycles.